The van der Waals surface area contributed by atoms with Gasteiger partial charge in [-0.1, -0.05) is 20.8 Å². The first-order chi connectivity index (χ1) is 7.00. The van der Waals surface area contributed by atoms with Crippen LogP contribution in [0.1, 0.15) is 52.9 Å². The normalized spacial score (nSPS) is 33.7. The van der Waals surface area contributed by atoms with Crippen LogP contribution in [0.25, 0.3) is 0 Å². The third-order valence-electron chi connectivity index (χ3n) is 3.47. The van der Waals surface area contributed by atoms with Gasteiger partial charge in [0.25, 0.3) is 0 Å². The van der Waals surface area contributed by atoms with E-state index in [9.17, 15) is 9.90 Å². The smallest absolute Gasteiger partial charge is 0.319 e. The fraction of sp³-hybridized carbons (Fsp3) is 0.917. The molecular formula is C12H22O2S. The van der Waals surface area contributed by atoms with Crippen LogP contribution >= 0.6 is 11.8 Å². The topological polar surface area (TPSA) is 37.3 Å². The Morgan fingerprint density at radius 3 is 2.47 bits per heavy atom. The van der Waals surface area contributed by atoms with Crippen LogP contribution in [-0.2, 0) is 4.79 Å². The third-order valence-corrected chi connectivity index (χ3v) is 5.24. The van der Waals surface area contributed by atoms with Crippen LogP contribution in [-0.4, -0.2) is 21.1 Å². The Hall–Kier alpha value is -0.180. The first kappa shape index (κ1) is 12.9. The van der Waals surface area contributed by atoms with Gasteiger partial charge in [0, 0.05) is 5.25 Å². The first-order valence-corrected chi connectivity index (χ1v) is 6.79. The van der Waals surface area contributed by atoms with Crippen molar-refractivity contribution in [2.45, 2.75) is 62.9 Å². The van der Waals surface area contributed by atoms with Crippen LogP contribution in [0.4, 0.5) is 0 Å². The molecule has 1 aliphatic carbocycles. The van der Waals surface area contributed by atoms with E-state index < -0.39 is 10.7 Å². The first-order valence-electron chi connectivity index (χ1n) is 5.91. The predicted molar refractivity (Wildman–Crippen MR) is 65.3 cm³/mol. The molecule has 0 aromatic carbocycles. The summed E-state index contributed by atoms with van der Waals surface area (Å²) in [6.45, 7) is 6.48. The predicted octanol–water partition coefficient (Wildman–Crippen LogP) is 3.55. The van der Waals surface area contributed by atoms with Gasteiger partial charge in [-0.15, -0.1) is 11.8 Å². The number of aliphatic carboxylic acids is 1. The quantitative estimate of drug-likeness (QED) is 0.802. The van der Waals surface area contributed by atoms with E-state index in [4.69, 9.17) is 0 Å². The maximum Gasteiger partial charge on any atom is 0.319 e. The van der Waals surface area contributed by atoms with E-state index in [1.54, 1.807) is 11.8 Å². The van der Waals surface area contributed by atoms with Gasteiger partial charge in [-0.2, -0.15) is 0 Å². The maximum absolute atomic E-state index is 11.4. The summed E-state index contributed by atoms with van der Waals surface area (Å²) >= 11 is 1.68. The molecule has 88 valence electrons. The summed E-state index contributed by atoms with van der Waals surface area (Å²) in [7, 11) is 0. The highest BCUT2D eigenvalue weighted by Gasteiger charge is 2.42. The monoisotopic (exact) mass is 230 g/mol. The Bertz CT molecular complexity index is 220. The van der Waals surface area contributed by atoms with E-state index >= 15 is 0 Å². The molecule has 0 bridgehead atoms. The molecule has 0 aliphatic heterocycles. The molecule has 3 heteroatoms. The molecule has 1 rings (SSSR count). The van der Waals surface area contributed by atoms with Gasteiger partial charge in [0.05, 0.1) is 0 Å². The van der Waals surface area contributed by atoms with Crippen molar-refractivity contribution in [2.75, 3.05) is 0 Å². The standard InChI is InChI=1S/C12H22O2S/c1-4-10(3)15-12(11(13)14)7-5-9(2)6-8-12/h9-10H,4-8H2,1-3H3,(H,13,14). The van der Waals surface area contributed by atoms with Crippen LogP contribution in [0.5, 0.6) is 0 Å². The highest BCUT2D eigenvalue weighted by molar-refractivity contribution is 8.02. The Morgan fingerprint density at radius 2 is 2.07 bits per heavy atom. The van der Waals surface area contributed by atoms with E-state index in [1.165, 1.54) is 0 Å². The van der Waals surface area contributed by atoms with Gasteiger partial charge in [0.15, 0.2) is 0 Å². The lowest BCUT2D eigenvalue weighted by Gasteiger charge is -2.36. The number of carbonyl (C=O) groups is 1. The Balaban J connectivity index is 2.67. The van der Waals surface area contributed by atoms with E-state index in [0.29, 0.717) is 11.2 Å². The molecule has 0 saturated heterocycles. The zero-order valence-electron chi connectivity index (χ0n) is 9.95. The number of hydrogen-bond acceptors (Lipinski definition) is 2. The Labute approximate surface area is 96.8 Å². The van der Waals surface area contributed by atoms with Gasteiger partial charge in [0.2, 0.25) is 0 Å². The number of carboxylic acid groups (broad SMARTS) is 1. The number of carboxylic acids is 1. The fourth-order valence-corrected chi connectivity index (χ4v) is 3.59. The third kappa shape index (κ3) is 3.13. The van der Waals surface area contributed by atoms with Gasteiger partial charge in [-0.3, -0.25) is 4.79 Å². The molecule has 0 heterocycles. The molecule has 1 unspecified atom stereocenters. The number of hydrogen-bond donors (Lipinski definition) is 1. The average molecular weight is 230 g/mol. The molecule has 2 nitrogen and oxygen atoms in total. The van der Waals surface area contributed by atoms with Crippen LogP contribution < -0.4 is 0 Å². The summed E-state index contributed by atoms with van der Waals surface area (Å²) in [5.74, 6) is 0.106. The molecule has 1 N–H and O–H groups in total. The zero-order valence-corrected chi connectivity index (χ0v) is 10.8. The maximum atomic E-state index is 11.4. The highest BCUT2D eigenvalue weighted by atomic mass is 32.2. The van der Waals surface area contributed by atoms with Crippen molar-refractivity contribution < 1.29 is 9.90 Å². The second-order valence-corrected chi connectivity index (χ2v) is 6.64. The largest absolute Gasteiger partial charge is 0.480 e. The van der Waals surface area contributed by atoms with Gasteiger partial charge < -0.3 is 5.11 Å². The van der Waals surface area contributed by atoms with Crippen molar-refractivity contribution in [3.8, 4) is 0 Å². The lowest BCUT2D eigenvalue weighted by molar-refractivity contribution is -0.141. The van der Waals surface area contributed by atoms with Crippen LogP contribution in [0, 0.1) is 5.92 Å². The molecule has 1 saturated carbocycles. The number of rotatable bonds is 4. The minimum Gasteiger partial charge on any atom is -0.480 e. The second kappa shape index (κ2) is 5.24. The molecule has 1 fully saturated rings. The van der Waals surface area contributed by atoms with Gasteiger partial charge in [-0.05, 0) is 38.0 Å². The lowest BCUT2D eigenvalue weighted by atomic mass is 9.82. The molecule has 0 aromatic heterocycles. The highest BCUT2D eigenvalue weighted by Crippen LogP contribution is 2.44. The molecule has 0 radical (unpaired) electrons. The summed E-state index contributed by atoms with van der Waals surface area (Å²) in [4.78, 5) is 11.4. The van der Waals surface area contributed by atoms with Crippen molar-refractivity contribution in [3.05, 3.63) is 0 Å². The molecule has 1 aliphatic rings. The molecule has 0 spiro atoms. The fourth-order valence-electron chi connectivity index (χ4n) is 2.08. The SMILES string of the molecule is CCC(C)SC1(C(=O)O)CCC(C)CC1. The van der Waals surface area contributed by atoms with Crippen LogP contribution in [0.3, 0.4) is 0 Å². The molecule has 0 aromatic rings. The average Bonchev–Trinajstić information content (AvgIpc) is 2.21. The molecule has 0 amide bonds. The summed E-state index contributed by atoms with van der Waals surface area (Å²) in [6, 6.07) is 0. The molecule has 1 atom stereocenters. The van der Waals surface area contributed by atoms with Crippen molar-refractivity contribution in [1.29, 1.82) is 0 Å². The summed E-state index contributed by atoms with van der Waals surface area (Å²) in [5, 5.41) is 9.85. The lowest BCUT2D eigenvalue weighted by Crippen LogP contribution is -2.40. The van der Waals surface area contributed by atoms with Crippen molar-refractivity contribution >= 4 is 17.7 Å². The second-order valence-electron chi connectivity index (χ2n) is 4.82. The Morgan fingerprint density at radius 1 is 1.53 bits per heavy atom. The van der Waals surface area contributed by atoms with E-state index in [0.717, 1.165) is 32.1 Å². The summed E-state index contributed by atoms with van der Waals surface area (Å²) in [5.41, 5.74) is 0. The van der Waals surface area contributed by atoms with Crippen LogP contribution in [0.2, 0.25) is 0 Å². The zero-order chi connectivity index (χ0) is 11.5. The number of thioether (sulfide) groups is 1. The molecular weight excluding hydrogens is 208 g/mol. The Kier molecular flexibility index (Phi) is 4.50. The van der Waals surface area contributed by atoms with Gasteiger partial charge in [0.1, 0.15) is 4.75 Å². The van der Waals surface area contributed by atoms with E-state index in [1.807, 2.05) is 0 Å². The van der Waals surface area contributed by atoms with E-state index in [-0.39, 0.29) is 0 Å². The summed E-state index contributed by atoms with van der Waals surface area (Å²) < 4.78 is -0.484. The van der Waals surface area contributed by atoms with Gasteiger partial charge in [-0.25, -0.2) is 0 Å². The van der Waals surface area contributed by atoms with Gasteiger partial charge >= 0.3 is 5.97 Å². The van der Waals surface area contributed by atoms with Crippen molar-refractivity contribution in [3.63, 3.8) is 0 Å². The van der Waals surface area contributed by atoms with Crippen molar-refractivity contribution in [1.82, 2.24) is 0 Å². The van der Waals surface area contributed by atoms with E-state index in [2.05, 4.69) is 20.8 Å². The summed E-state index contributed by atoms with van der Waals surface area (Å²) in [6.07, 6.45) is 4.87. The van der Waals surface area contributed by atoms with Crippen molar-refractivity contribution in [2.24, 2.45) is 5.92 Å². The minimum absolute atomic E-state index is 0.453. The van der Waals surface area contributed by atoms with Crippen LogP contribution in [0.15, 0.2) is 0 Å². The molecule has 15 heavy (non-hydrogen) atoms. The minimum atomic E-state index is -0.597.